The number of hydrogen-bond acceptors (Lipinski definition) is 1. The molecule has 0 bridgehead atoms. The molecule has 1 nitrogen and oxygen atoms in total. The van der Waals surface area contributed by atoms with Crippen LogP contribution in [0, 0.1) is 29.4 Å². The second-order valence-electron chi connectivity index (χ2n) is 6.79. The van der Waals surface area contributed by atoms with Gasteiger partial charge in [0, 0.05) is 11.6 Å². The molecule has 4 atom stereocenters. The fraction of sp³-hybridized carbons (Fsp3) is 0.667. The van der Waals surface area contributed by atoms with Crippen LogP contribution in [0.15, 0.2) is 18.2 Å². The van der Waals surface area contributed by atoms with Crippen molar-refractivity contribution in [3.05, 3.63) is 35.4 Å². The molecule has 3 heteroatoms. The van der Waals surface area contributed by atoms with E-state index < -0.39 is 11.6 Å². The van der Waals surface area contributed by atoms with Crippen LogP contribution >= 0.6 is 0 Å². The molecule has 2 aliphatic rings. The molecule has 21 heavy (non-hydrogen) atoms. The summed E-state index contributed by atoms with van der Waals surface area (Å²) in [5, 5.41) is 3.24. The Balaban J connectivity index is 1.78. The van der Waals surface area contributed by atoms with E-state index in [-0.39, 0.29) is 6.04 Å². The molecule has 1 aromatic rings. The molecule has 116 valence electrons. The molecule has 0 heterocycles. The third-order valence-electron chi connectivity index (χ3n) is 5.68. The van der Waals surface area contributed by atoms with Gasteiger partial charge in [-0.2, -0.15) is 0 Å². The zero-order valence-electron chi connectivity index (χ0n) is 12.7. The molecule has 0 saturated heterocycles. The maximum atomic E-state index is 14.1. The van der Waals surface area contributed by atoms with E-state index in [9.17, 15) is 8.78 Å². The van der Waals surface area contributed by atoms with E-state index >= 15 is 0 Å². The summed E-state index contributed by atoms with van der Waals surface area (Å²) in [4.78, 5) is 0. The molecule has 4 unspecified atom stereocenters. The van der Waals surface area contributed by atoms with E-state index in [0.717, 1.165) is 24.7 Å². The Kier molecular flexibility index (Phi) is 4.58. The van der Waals surface area contributed by atoms with Crippen LogP contribution in [0.25, 0.3) is 0 Å². The summed E-state index contributed by atoms with van der Waals surface area (Å²) in [7, 11) is 1.86. The van der Waals surface area contributed by atoms with Gasteiger partial charge in [0.1, 0.15) is 0 Å². The molecule has 1 aromatic carbocycles. The van der Waals surface area contributed by atoms with Crippen molar-refractivity contribution >= 4 is 0 Å². The highest BCUT2D eigenvalue weighted by Crippen LogP contribution is 2.46. The van der Waals surface area contributed by atoms with Crippen molar-refractivity contribution in [2.75, 3.05) is 7.05 Å². The first-order valence-electron chi connectivity index (χ1n) is 8.32. The summed E-state index contributed by atoms with van der Waals surface area (Å²) in [6, 6.07) is 4.48. The van der Waals surface area contributed by atoms with Crippen molar-refractivity contribution in [2.45, 2.75) is 51.0 Å². The number of nitrogens with one attached hydrogen (secondary N) is 1. The zero-order chi connectivity index (χ0) is 14.8. The van der Waals surface area contributed by atoms with Gasteiger partial charge in [0.15, 0.2) is 11.6 Å². The largest absolute Gasteiger partial charge is 0.313 e. The number of rotatable bonds is 3. The fourth-order valence-corrected chi connectivity index (χ4v) is 4.62. The Morgan fingerprint density at radius 1 is 1.05 bits per heavy atom. The summed E-state index contributed by atoms with van der Waals surface area (Å²) >= 11 is 0. The molecule has 0 aliphatic heterocycles. The molecule has 2 fully saturated rings. The molecule has 2 saturated carbocycles. The SMILES string of the molecule is CNC(c1cccc(F)c1F)C1CCC2CCCCC2C1. The Bertz CT molecular complexity index is 488. The summed E-state index contributed by atoms with van der Waals surface area (Å²) in [5.41, 5.74) is 0.497. The summed E-state index contributed by atoms with van der Waals surface area (Å²) in [6.45, 7) is 0. The van der Waals surface area contributed by atoms with E-state index in [0.29, 0.717) is 11.5 Å². The molecule has 0 radical (unpaired) electrons. The molecule has 0 spiro atoms. The lowest BCUT2D eigenvalue weighted by Crippen LogP contribution is -2.34. The summed E-state index contributed by atoms with van der Waals surface area (Å²) < 4.78 is 27.6. The lowest BCUT2D eigenvalue weighted by molar-refractivity contribution is 0.110. The molecule has 3 rings (SSSR count). The van der Waals surface area contributed by atoms with Crippen molar-refractivity contribution in [3.8, 4) is 0 Å². The molecular weight excluding hydrogens is 268 g/mol. The van der Waals surface area contributed by atoms with Crippen LogP contribution in [0.1, 0.15) is 56.6 Å². The first-order valence-corrected chi connectivity index (χ1v) is 8.32. The minimum Gasteiger partial charge on any atom is -0.313 e. The quantitative estimate of drug-likeness (QED) is 0.841. The number of halogens is 2. The van der Waals surface area contributed by atoms with Crippen LogP contribution in [0.5, 0.6) is 0 Å². The van der Waals surface area contributed by atoms with Crippen LogP contribution in [0.2, 0.25) is 0 Å². The van der Waals surface area contributed by atoms with E-state index in [4.69, 9.17) is 0 Å². The van der Waals surface area contributed by atoms with E-state index in [1.165, 1.54) is 38.2 Å². The van der Waals surface area contributed by atoms with Gasteiger partial charge in [-0.05, 0) is 50.1 Å². The van der Waals surface area contributed by atoms with Crippen molar-refractivity contribution in [3.63, 3.8) is 0 Å². The Morgan fingerprint density at radius 2 is 1.81 bits per heavy atom. The fourth-order valence-electron chi connectivity index (χ4n) is 4.62. The van der Waals surface area contributed by atoms with Gasteiger partial charge in [-0.1, -0.05) is 37.8 Å². The van der Waals surface area contributed by atoms with Gasteiger partial charge < -0.3 is 5.32 Å². The second-order valence-corrected chi connectivity index (χ2v) is 6.79. The van der Waals surface area contributed by atoms with Gasteiger partial charge in [-0.15, -0.1) is 0 Å². The standard InChI is InChI=1S/C18H25F2N/c1-21-18(15-7-4-8-16(19)17(15)20)14-10-9-12-5-2-3-6-13(12)11-14/h4,7-8,12-14,18,21H,2-3,5-6,9-11H2,1H3. The van der Waals surface area contributed by atoms with Crippen molar-refractivity contribution in [2.24, 2.45) is 17.8 Å². The van der Waals surface area contributed by atoms with Gasteiger partial charge in [0.05, 0.1) is 0 Å². The topological polar surface area (TPSA) is 12.0 Å². The monoisotopic (exact) mass is 293 g/mol. The molecular formula is C18H25F2N. The number of hydrogen-bond donors (Lipinski definition) is 1. The predicted molar refractivity (Wildman–Crippen MR) is 80.9 cm³/mol. The molecule has 2 aliphatic carbocycles. The third-order valence-corrected chi connectivity index (χ3v) is 5.68. The van der Waals surface area contributed by atoms with E-state index in [1.807, 2.05) is 7.05 Å². The Hall–Kier alpha value is -0.960. The van der Waals surface area contributed by atoms with E-state index in [2.05, 4.69) is 5.32 Å². The van der Waals surface area contributed by atoms with Crippen LogP contribution in [0.4, 0.5) is 8.78 Å². The van der Waals surface area contributed by atoms with Gasteiger partial charge in [-0.25, -0.2) is 8.78 Å². The minimum absolute atomic E-state index is 0.0661. The van der Waals surface area contributed by atoms with Crippen LogP contribution in [0.3, 0.4) is 0 Å². The Morgan fingerprint density at radius 3 is 2.57 bits per heavy atom. The first-order chi connectivity index (χ1) is 10.2. The van der Waals surface area contributed by atoms with E-state index in [1.54, 1.807) is 12.1 Å². The smallest absolute Gasteiger partial charge is 0.163 e. The van der Waals surface area contributed by atoms with Gasteiger partial charge >= 0.3 is 0 Å². The number of fused-ring (bicyclic) bond motifs is 1. The average molecular weight is 293 g/mol. The van der Waals surface area contributed by atoms with Crippen molar-refractivity contribution < 1.29 is 8.78 Å². The molecule has 0 amide bonds. The van der Waals surface area contributed by atoms with Gasteiger partial charge in [0.2, 0.25) is 0 Å². The number of benzene rings is 1. The lowest BCUT2D eigenvalue weighted by atomic mass is 9.65. The van der Waals surface area contributed by atoms with Gasteiger partial charge in [0.25, 0.3) is 0 Å². The zero-order valence-corrected chi connectivity index (χ0v) is 12.7. The first kappa shape index (κ1) is 15.0. The lowest BCUT2D eigenvalue weighted by Gasteiger charge is -2.42. The highest BCUT2D eigenvalue weighted by molar-refractivity contribution is 5.23. The molecule has 0 aromatic heterocycles. The van der Waals surface area contributed by atoms with Crippen molar-refractivity contribution in [1.82, 2.24) is 5.32 Å². The Labute approximate surface area is 126 Å². The van der Waals surface area contributed by atoms with Gasteiger partial charge in [-0.3, -0.25) is 0 Å². The van der Waals surface area contributed by atoms with Crippen LogP contribution < -0.4 is 5.32 Å². The average Bonchev–Trinajstić information content (AvgIpc) is 2.52. The van der Waals surface area contributed by atoms with Crippen LogP contribution in [-0.4, -0.2) is 7.05 Å². The molecule has 1 N–H and O–H groups in total. The maximum Gasteiger partial charge on any atom is 0.163 e. The summed E-state index contributed by atoms with van der Waals surface area (Å²) in [5.74, 6) is 0.683. The minimum atomic E-state index is -0.737. The second kappa shape index (κ2) is 6.43. The normalized spacial score (nSPS) is 30.7. The maximum absolute atomic E-state index is 14.1. The summed E-state index contributed by atoms with van der Waals surface area (Å²) in [6.07, 6.45) is 8.95. The highest BCUT2D eigenvalue weighted by atomic mass is 19.2. The third kappa shape index (κ3) is 2.98. The van der Waals surface area contributed by atoms with Crippen molar-refractivity contribution in [1.29, 1.82) is 0 Å². The predicted octanol–water partition coefficient (Wildman–Crippen LogP) is 4.83. The van der Waals surface area contributed by atoms with Crippen LogP contribution in [-0.2, 0) is 0 Å². The highest BCUT2D eigenvalue weighted by Gasteiger charge is 2.36.